The van der Waals surface area contributed by atoms with Gasteiger partial charge >= 0.3 is 0 Å². The fraction of sp³-hybridized carbons (Fsp3) is 0.182. The van der Waals surface area contributed by atoms with Crippen molar-refractivity contribution in [1.82, 2.24) is 14.1 Å². The average Bonchev–Trinajstić information content (AvgIpc) is 3.00. The molecule has 1 aromatic heterocycles. The van der Waals surface area contributed by atoms with Crippen LogP contribution in [0.1, 0.15) is 27.3 Å². The van der Waals surface area contributed by atoms with E-state index in [4.69, 9.17) is 0 Å². The van der Waals surface area contributed by atoms with Crippen molar-refractivity contribution in [2.45, 2.75) is 18.7 Å². The lowest BCUT2D eigenvalue weighted by Gasteiger charge is -2.11. The summed E-state index contributed by atoms with van der Waals surface area (Å²) in [6.45, 7) is 3.68. The van der Waals surface area contributed by atoms with E-state index in [-0.39, 0.29) is 22.1 Å². The molecule has 8 heteroatoms. The Labute approximate surface area is 175 Å². The number of carbonyl (C=O) groups excluding carboxylic acids is 1. The fourth-order valence-corrected chi connectivity index (χ4v) is 3.95. The molecule has 0 fully saturated rings. The number of carbonyl (C=O) groups is 1. The van der Waals surface area contributed by atoms with Crippen LogP contribution in [0.3, 0.4) is 0 Å². The topological polar surface area (TPSA) is 72.3 Å². The number of sulfonamides is 1. The van der Waals surface area contributed by atoms with E-state index in [1.807, 2.05) is 13.8 Å². The first kappa shape index (κ1) is 21.6. The molecule has 2 aromatic carbocycles. The van der Waals surface area contributed by atoms with Gasteiger partial charge in [-0.15, -0.1) is 0 Å². The minimum absolute atomic E-state index is 0.0586. The van der Waals surface area contributed by atoms with Crippen LogP contribution in [0.25, 0.3) is 11.8 Å². The molecule has 0 bridgehead atoms. The molecule has 0 radical (unpaired) electrons. The zero-order valence-corrected chi connectivity index (χ0v) is 17.9. The van der Waals surface area contributed by atoms with Gasteiger partial charge in [-0.2, -0.15) is 5.10 Å². The highest BCUT2D eigenvalue weighted by molar-refractivity contribution is 7.89. The number of rotatable bonds is 6. The molecule has 3 rings (SSSR count). The van der Waals surface area contributed by atoms with E-state index >= 15 is 0 Å². The van der Waals surface area contributed by atoms with Crippen molar-refractivity contribution in [3.05, 3.63) is 82.9 Å². The smallest absolute Gasteiger partial charge is 0.242 e. The summed E-state index contributed by atoms with van der Waals surface area (Å²) in [7, 11) is -0.750. The minimum Gasteiger partial charge on any atom is -0.289 e. The van der Waals surface area contributed by atoms with Crippen LogP contribution in [0.15, 0.2) is 59.5 Å². The third-order valence-electron chi connectivity index (χ3n) is 4.72. The fourth-order valence-electron chi connectivity index (χ4n) is 3.01. The van der Waals surface area contributed by atoms with Gasteiger partial charge in [-0.25, -0.2) is 21.8 Å². The minimum atomic E-state index is -3.63. The van der Waals surface area contributed by atoms with Gasteiger partial charge in [0.05, 0.1) is 16.3 Å². The van der Waals surface area contributed by atoms with Crippen molar-refractivity contribution in [1.29, 1.82) is 0 Å². The van der Waals surface area contributed by atoms with Gasteiger partial charge in [-0.1, -0.05) is 12.1 Å². The summed E-state index contributed by atoms with van der Waals surface area (Å²) in [5, 5.41) is 4.47. The Morgan fingerprint density at radius 2 is 1.77 bits per heavy atom. The number of hydrogen-bond donors (Lipinski definition) is 0. The van der Waals surface area contributed by atoms with Crippen molar-refractivity contribution in [3.8, 4) is 5.69 Å². The SMILES string of the molecule is Cc1nn(-c2ccc(F)cc2)c(C)c1/C=C/C(=O)c1cccc(S(=O)(=O)N(C)C)c1. The number of hydrogen-bond acceptors (Lipinski definition) is 4. The van der Waals surface area contributed by atoms with Crippen LogP contribution in [-0.4, -0.2) is 42.4 Å². The molecule has 6 nitrogen and oxygen atoms in total. The van der Waals surface area contributed by atoms with Crippen molar-refractivity contribution in [2.24, 2.45) is 0 Å². The summed E-state index contributed by atoms with van der Waals surface area (Å²) in [5.41, 5.74) is 3.27. The summed E-state index contributed by atoms with van der Waals surface area (Å²) in [6, 6.07) is 11.9. The monoisotopic (exact) mass is 427 g/mol. The van der Waals surface area contributed by atoms with Crippen LogP contribution in [0.4, 0.5) is 4.39 Å². The van der Waals surface area contributed by atoms with Crippen LogP contribution in [0.5, 0.6) is 0 Å². The van der Waals surface area contributed by atoms with Gasteiger partial charge in [0.15, 0.2) is 5.78 Å². The quantitative estimate of drug-likeness (QED) is 0.443. The summed E-state index contributed by atoms with van der Waals surface area (Å²) in [6.07, 6.45) is 3.06. The highest BCUT2D eigenvalue weighted by atomic mass is 32.2. The van der Waals surface area contributed by atoms with Gasteiger partial charge in [0.1, 0.15) is 5.82 Å². The molecule has 0 aliphatic rings. The van der Waals surface area contributed by atoms with Crippen molar-refractivity contribution in [3.63, 3.8) is 0 Å². The number of aromatic nitrogens is 2. The average molecular weight is 428 g/mol. The lowest BCUT2D eigenvalue weighted by molar-refractivity contribution is 0.104. The predicted octanol–water partition coefficient (Wildman–Crippen LogP) is 3.77. The highest BCUT2D eigenvalue weighted by Gasteiger charge is 2.18. The molecule has 0 aliphatic heterocycles. The molecule has 0 amide bonds. The van der Waals surface area contributed by atoms with Crippen molar-refractivity contribution >= 4 is 21.9 Å². The zero-order chi connectivity index (χ0) is 22.1. The summed E-state index contributed by atoms with van der Waals surface area (Å²) in [5.74, 6) is -0.649. The first-order chi connectivity index (χ1) is 14.1. The molecule has 1 heterocycles. The van der Waals surface area contributed by atoms with Gasteiger partial charge < -0.3 is 0 Å². The molecule has 0 saturated carbocycles. The number of nitrogens with zero attached hydrogens (tertiary/aromatic N) is 3. The Morgan fingerprint density at radius 3 is 2.40 bits per heavy atom. The van der Waals surface area contributed by atoms with Crippen LogP contribution in [-0.2, 0) is 10.0 Å². The summed E-state index contributed by atoms with van der Waals surface area (Å²) >= 11 is 0. The number of aryl methyl sites for hydroxylation is 1. The maximum absolute atomic E-state index is 13.2. The third-order valence-corrected chi connectivity index (χ3v) is 6.53. The molecular weight excluding hydrogens is 405 g/mol. The number of allylic oxidation sites excluding steroid dienone is 1. The molecule has 0 N–H and O–H groups in total. The number of ketones is 1. The van der Waals surface area contributed by atoms with Crippen molar-refractivity contribution in [2.75, 3.05) is 14.1 Å². The Kier molecular flexibility index (Phi) is 6.00. The molecule has 0 unspecified atom stereocenters. The van der Waals surface area contributed by atoms with E-state index in [9.17, 15) is 17.6 Å². The Balaban J connectivity index is 1.90. The van der Waals surface area contributed by atoms with Gasteiger partial charge in [-0.05, 0) is 62.4 Å². The van der Waals surface area contributed by atoms with E-state index < -0.39 is 10.0 Å². The summed E-state index contributed by atoms with van der Waals surface area (Å²) < 4.78 is 40.6. The van der Waals surface area contributed by atoms with E-state index in [0.717, 1.165) is 15.6 Å². The number of benzene rings is 2. The molecule has 0 spiro atoms. The van der Waals surface area contributed by atoms with Crippen LogP contribution in [0.2, 0.25) is 0 Å². The van der Waals surface area contributed by atoms with E-state index in [1.165, 1.54) is 44.4 Å². The molecule has 0 saturated heterocycles. The van der Waals surface area contributed by atoms with E-state index in [0.29, 0.717) is 11.4 Å². The normalized spacial score (nSPS) is 12.1. The lowest BCUT2D eigenvalue weighted by Crippen LogP contribution is -2.22. The molecule has 0 atom stereocenters. The van der Waals surface area contributed by atoms with Gasteiger partial charge in [0, 0.05) is 30.9 Å². The standard InChI is InChI=1S/C22H22FN3O3S/c1-15-21(16(2)26(24-15)19-10-8-18(23)9-11-19)12-13-22(27)17-6-5-7-20(14-17)30(28,29)25(3)4/h5-14H,1-4H3/b13-12+. The highest BCUT2D eigenvalue weighted by Crippen LogP contribution is 2.21. The molecule has 156 valence electrons. The molecular formula is C22H22FN3O3S. The first-order valence-corrected chi connectivity index (χ1v) is 10.6. The van der Waals surface area contributed by atoms with Crippen molar-refractivity contribution < 1.29 is 17.6 Å². The molecule has 0 aliphatic carbocycles. The van der Waals surface area contributed by atoms with Crippen LogP contribution < -0.4 is 0 Å². The first-order valence-electron chi connectivity index (χ1n) is 9.18. The Morgan fingerprint density at radius 1 is 1.10 bits per heavy atom. The van der Waals surface area contributed by atoms with Gasteiger partial charge in [-0.3, -0.25) is 4.79 Å². The molecule has 3 aromatic rings. The van der Waals surface area contributed by atoms with Crippen LogP contribution in [0, 0.1) is 19.7 Å². The Bertz CT molecular complexity index is 1230. The maximum Gasteiger partial charge on any atom is 0.242 e. The van der Waals surface area contributed by atoms with Crippen LogP contribution >= 0.6 is 0 Å². The second-order valence-electron chi connectivity index (χ2n) is 6.99. The third kappa shape index (κ3) is 4.24. The van der Waals surface area contributed by atoms with E-state index in [1.54, 1.807) is 35.0 Å². The Hall–Kier alpha value is -3.10. The molecule has 30 heavy (non-hydrogen) atoms. The second kappa shape index (κ2) is 8.33. The number of halogens is 1. The van der Waals surface area contributed by atoms with E-state index in [2.05, 4.69) is 5.10 Å². The zero-order valence-electron chi connectivity index (χ0n) is 17.1. The van der Waals surface area contributed by atoms with Gasteiger partial charge in [0.2, 0.25) is 10.0 Å². The maximum atomic E-state index is 13.2. The summed E-state index contributed by atoms with van der Waals surface area (Å²) in [4.78, 5) is 12.7. The lowest BCUT2D eigenvalue weighted by atomic mass is 10.1. The second-order valence-corrected chi connectivity index (χ2v) is 9.14. The largest absolute Gasteiger partial charge is 0.289 e. The van der Waals surface area contributed by atoms with Gasteiger partial charge in [0.25, 0.3) is 0 Å². The predicted molar refractivity (Wildman–Crippen MR) is 114 cm³/mol.